The minimum absolute atomic E-state index is 0.138. The maximum absolute atomic E-state index is 12.4. The van der Waals surface area contributed by atoms with Gasteiger partial charge in [-0.3, -0.25) is 9.59 Å². The molecule has 0 aliphatic carbocycles. The van der Waals surface area contributed by atoms with E-state index < -0.39 is 0 Å². The second-order valence-electron chi connectivity index (χ2n) is 6.39. The number of carbonyl (C=O) groups excluding carboxylic acids is 2. The Labute approximate surface area is 158 Å². The van der Waals surface area contributed by atoms with Gasteiger partial charge in [0.05, 0.1) is 11.3 Å². The SMILES string of the molecule is CCCCNC(=O)c1ccccc1NC(=O)CCc1ccc2c(c1)OCO2. The van der Waals surface area contributed by atoms with Gasteiger partial charge in [-0.15, -0.1) is 0 Å². The number of benzene rings is 2. The summed E-state index contributed by atoms with van der Waals surface area (Å²) in [5.41, 5.74) is 2.01. The van der Waals surface area contributed by atoms with Crippen LogP contribution in [0.1, 0.15) is 42.1 Å². The molecule has 2 amide bonds. The Hall–Kier alpha value is -3.02. The smallest absolute Gasteiger partial charge is 0.253 e. The Balaban J connectivity index is 1.57. The maximum Gasteiger partial charge on any atom is 0.253 e. The van der Waals surface area contributed by atoms with Gasteiger partial charge < -0.3 is 20.1 Å². The molecule has 3 rings (SSSR count). The fourth-order valence-electron chi connectivity index (χ4n) is 2.83. The molecule has 2 aromatic rings. The van der Waals surface area contributed by atoms with E-state index in [-0.39, 0.29) is 18.6 Å². The first-order valence-corrected chi connectivity index (χ1v) is 9.23. The highest BCUT2D eigenvalue weighted by Crippen LogP contribution is 2.32. The number of nitrogens with one attached hydrogen (secondary N) is 2. The summed E-state index contributed by atoms with van der Waals surface area (Å²) < 4.78 is 10.6. The van der Waals surface area contributed by atoms with Gasteiger partial charge in [-0.05, 0) is 42.7 Å². The summed E-state index contributed by atoms with van der Waals surface area (Å²) in [7, 11) is 0. The molecule has 1 aliphatic heterocycles. The van der Waals surface area contributed by atoms with Crippen molar-refractivity contribution in [1.29, 1.82) is 0 Å². The van der Waals surface area contributed by atoms with Gasteiger partial charge in [0, 0.05) is 13.0 Å². The van der Waals surface area contributed by atoms with Gasteiger partial charge in [0.1, 0.15) is 0 Å². The van der Waals surface area contributed by atoms with Crippen molar-refractivity contribution in [2.75, 3.05) is 18.7 Å². The summed E-state index contributed by atoms with van der Waals surface area (Å²) >= 11 is 0. The molecule has 0 fully saturated rings. The number of carbonyl (C=O) groups is 2. The highest BCUT2D eigenvalue weighted by atomic mass is 16.7. The summed E-state index contributed by atoms with van der Waals surface area (Å²) in [5, 5.41) is 5.73. The average Bonchev–Trinajstić information content (AvgIpc) is 3.15. The number of anilines is 1. The molecule has 0 saturated carbocycles. The summed E-state index contributed by atoms with van der Waals surface area (Å²) in [5.74, 6) is 1.13. The van der Waals surface area contributed by atoms with Crippen molar-refractivity contribution in [3.63, 3.8) is 0 Å². The van der Waals surface area contributed by atoms with E-state index in [0.29, 0.717) is 36.4 Å². The van der Waals surface area contributed by atoms with Crippen LogP contribution >= 0.6 is 0 Å². The second kappa shape index (κ2) is 9.07. The molecule has 2 N–H and O–H groups in total. The largest absolute Gasteiger partial charge is 0.454 e. The van der Waals surface area contributed by atoms with E-state index in [2.05, 4.69) is 17.6 Å². The van der Waals surface area contributed by atoms with Crippen LogP contribution in [0.15, 0.2) is 42.5 Å². The van der Waals surface area contributed by atoms with Gasteiger partial charge in [-0.2, -0.15) is 0 Å². The normalized spacial score (nSPS) is 11.9. The molecular formula is C21H24N2O4. The number of amides is 2. The molecule has 0 spiro atoms. The van der Waals surface area contributed by atoms with Crippen LogP contribution in [-0.4, -0.2) is 25.2 Å². The van der Waals surface area contributed by atoms with E-state index in [0.717, 1.165) is 24.2 Å². The first-order valence-electron chi connectivity index (χ1n) is 9.23. The number of para-hydroxylation sites is 1. The molecule has 0 bridgehead atoms. The topological polar surface area (TPSA) is 76.7 Å². The summed E-state index contributed by atoms with van der Waals surface area (Å²) in [6, 6.07) is 12.7. The van der Waals surface area contributed by atoms with Crippen molar-refractivity contribution in [3.05, 3.63) is 53.6 Å². The van der Waals surface area contributed by atoms with Crippen LogP contribution in [0, 0.1) is 0 Å². The van der Waals surface area contributed by atoms with E-state index in [4.69, 9.17) is 9.47 Å². The third-order valence-electron chi connectivity index (χ3n) is 4.34. The molecule has 6 nitrogen and oxygen atoms in total. The molecular weight excluding hydrogens is 344 g/mol. The van der Waals surface area contributed by atoms with Crippen molar-refractivity contribution < 1.29 is 19.1 Å². The second-order valence-corrected chi connectivity index (χ2v) is 6.39. The Morgan fingerprint density at radius 3 is 2.74 bits per heavy atom. The fourth-order valence-corrected chi connectivity index (χ4v) is 2.83. The molecule has 0 aromatic heterocycles. The number of hydrogen-bond donors (Lipinski definition) is 2. The van der Waals surface area contributed by atoms with Gasteiger partial charge in [0.15, 0.2) is 11.5 Å². The lowest BCUT2D eigenvalue weighted by atomic mass is 10.1. The zero-order chi connectivity index (χ0) is 19.1. The van der Waals surface area contributed by atoms with Crippen molar-refractivity contribution in [2.45, 2.75) is 32.6 Å². The summed E-state index contributed by atoms with van der Waals surface area (Å²) in [6.45, 7) is 2.93. The van der Waals surface area contributed by atoms with Crippen LogP contribution in [0.4, 0.5) is 5.69 Å². The lowest BCUT2D eigenvalue weighted by Crippen LogP contribution is -2.26. The predicted molar refractivity (Wildman–Crippen MR) is 103 cm³/mol. The van der Waals surface area contributed by atoms with Gasteiger partial charge >= 0.3 is 0 Å². The van der Waals surface area contributed by atoms with E-state index in [9.17, 15) is 9.59 Å². The fraction of sp³-hybridized carbons (Fsp3) is 0.333. The molecule has 0 saturated heterocycles. The summed E-state index contributed by atoms with van der Waals surface area (Å²) in [6.07, 6.45) is 2.83. The van der Waals surface area contributed by atoms with Crippen LogP contribution < -0.4 is 20.1 Å². The molecule has 2 aromatic carbocycles. The maximum atomic E-state index is 12.4. The molecule has 142 valence electrons. The standard InChI is InChI=1S/C21H24N2O4/c1-2-3-12-22-21(25)16-6-4-5-7-17(16)23-20(24)11-9-15-8-10-18-19(13-15)27-14-26-18/h4-8,10,13H,2-3,9,11-12,14H2,1H3,(H,22,25)(H,23,24). The van der Waals surface area contributed by atoms with Crippen LogP contribution in [0.25, 0.3) is 0 Å². The number of ether oxygens (including phenoxy) is 2. The molecule has 1 heterocycles. The minimum atomic E-state index is -0.171. The first-order chi connectivity index (χ1) is 13.2. The number of fused-ring (bicyclic) bond motifs is 1. The highest BCUT2D eigenvalue weighted by molar-refractivity contribution is 6.03. The number of aryl methyl sites for hydroxylation is 1. The van der Waals surface area contributed by atoms with Crippen LogP contribution in [-0.2, 0) is 11.2 Å². The first kappa shape index (κ1) is 18.8. The van der Waals surface area contributed by atoms with E-state index in [1.54, 1.807) is 24.3 Å². The quantitative estimate of drug-likeness (QED) is 0.699. The van der Waals surface area contributed by atoms with Gasteiger partial charge in [0.2, 0.25) is 12.7 Å². The van der Waals surface area contributed by atoms with Gasteiger partial charge in [0.25, 0.3) is 5.91 Å². The predicted octanol–water partition coefficient (Wildman–Crippen LogP) is 3.52. The Morgan fingerprint density at radius 1 is 1.07 bits per heavy atom. The van der Waals surface area contributed by atoms with Crippen LogP contribution in [0.5, 0.6) is 11.5 Å². The van der Waals surface area contributed by atoms with Crippen molar-refractivity contribution in [2.24, 2.45) is 0 Å². The molecule has 1 aliphatic rings. The molecule has 6 heteroatoms. The highest BCUT2D eigenvalue weighted by Gasteiger charge is 2.15. The zero-order valence-electron chi connectivity index (χ0n) is 15.4. The number of rotatable bonds is 8. The van der Waals surface area contributed by atoms with Crippen molar-refractivity contribution >= 4 is 17.5 Å². The van der Waals surface area contributed by atoms with E-state index >= 15 is 0 Å². The lowest BCUT2D eigenvalue weighted by Gasteiger charge is -2.11. The summed E-state index contributed by atoms with van der Waals surface area (Å²) in [4.78, 5) is 24.7. The third kappa shape index (κ3) is 5.00. The Bertz CT molecular complexity index is 820. The van der Waals surface area contributed by atoms with Crippen molar-refractivity contribution in [1.82, 2.24) is 5.32 Å². The average molecular weight is 368 g/mol. The minimum Gasteiger partial charge on any atom is -0.454 e. The number of hydrogen-bond acceptors (Lipinski definition) is 4. The van der Waals surface area contributed by atoms with Gasteiger partial charge in [-0.1, -0.05) is 31.5 Å². The lowest BCUT2D eigenvalue weighted by molar-refractivity contribution is -0.116. The Morgan fingerprint density at radius 2 is 1.89 bits per heavy atom. The van der Waals surface area contributed by atoms with Crippen LogP contribution in [0.3, 0.4) is 0 Å². The van der Waals surface area contributed by atoms with Crippen LogP contribution in [0.2, 0.25) is 0 Å². The van der Waals surface area contributed by atoms with Gasteiger partial charge in [-0.25, -0.2) is 0 Å². The van der Waals surface area contributed by atoms with E-state index in [1.807, 2.05) is 18.2 Å². The Kier molecular flexibility index (Phi) is 6.30. The van der Waals surface area contributed by atoms with Crippen molar-refractivity contribution in [3.8, 4) is 11.5 Å². The zero-order valence-corrected chi connectivity index (χ0v) is 15.4. The molecule has 0 unspecified atom stereocenters. The molecule has 0 atom stereocenters. The van der Waals surface area contributed by atoms with E-state index in [1.165, 1.54) is 0 Å². The number of unbranched alkanes of at least 4 members (excludes halogenated alkanes) is 1. The molecule has 27 heavy (non-hydrogen) atoms. The monoisotopic (exact) mass is 368 g/mol. The third-order valence-corrected chi connectivity index (χ3v) is 4.34. The molecule has 0 radical (unpaired) electrons.